The number of hydrogen-bond donors (Lipinski definition) is 1. The summed E-state index contributed by atoms with van der Waals surface area (Å²) in [6.45, 7) is 2.14. The molecule has 0 aliphatic heterocycles. The van der Waals surface area contributed by atoms with E-state index in [1.165, 1.54) is 5.56 Å². The molecule has 4 heteroatoms. The van der Waals surface area contributed by atoms with E-state index in [4.69, 9.17) is 10.2 Å². The van der Waals surface area contributed by atoms with Crippen LogP contribution in [-0.2, 0) is 6.42 Å². The van der Waals surface area contributed by atoms with Crippen molar-refractivity contribution in [3.05, 3.63) is 48.0 Å². The maximum absolute atomic E-state index is 5.76. The van der Waals surface area contributed by atoms with Crippen LogP contribution in [0.5, 0.6) is 0 Å². The summed E-state index contributed by atoms with van der Waals surface area (Å²) >= 11 is 0. The molecule has 0 saturated heterocycles. The highest BCUT2D eigenvalue weighted by atomic mass is 16.4. The number of anilines is 3. The predicted molar refractivity (Wildman–Crippen MR) is 82.3 cm³/mol. The van der Waals surface area contributed by atoms with Crippen LogP contribution in [0.1, 0.15) is 12.5 Å². The lowest BCUT2D eigenvalue weighted by Gasteiger charge is -2.14. The molecule has 0 bridgehead atoms. The van der Waals surface area contributed by atoms with Crippen LogP contribution in [0.2, 0.25) is 0 Å². The number of aryl methyl sites for hydroxylation is 1. The normalized spacial score (nSPS) is 10.9. The van der Waals surface area contributed by atoms with E-state index in [0.717, 1.165) is 17.6 Å². The molecule has 4 nitrogen and oxygen atoms in total. The second kappa shape index (κ2) is 4.89. The zero-order valence-corrected chi connectivity index (χ0v) is 11.6. The zero-order chi connectivity index (χ0) is 14.1. The van der Waals surface area contributed by atoms with Crippen molar-refractivity contribution < 1.29 is 4.42 Å². The second-order valence-corrected chi connectivity index (χ2v) is 4.80. The molecule has 0 aliphatic rings. The van der Waals surface area contributed by atoms with E-state index in [2.05, 4.69) is 36.2 Å². The third-order valence-electron chi connectivity index (χ3n) is 3.42. The number of nitrogens with two attached hydrogens (primary N) is 1. The van der Waals surface area contributed by atoms with Crippen molar-refractivity contribution in [1.82, 2.24) is 4.98 Å². The van der Waals surface area contributed by atoms with E-state index in [9.17, 15) is 0 Å². The van der Waals surface area contributed by atoms with Crippen molar-refractivity contribution in [1.29, 1.82) is 0 Å². The van der Waals surface area contributed by atoms with E-state index in [1.54, 1.807) is 6.07 Å². The molecular weight excluding hydrogens is 250 g/mol. The lowest BCUT2D eigenvalue weighted by Crippen LogP contribution is -2.09. The summed E-state index contributed by atoms with van der Waals surface area (Å²) in [7, 11) is 1.94. The van der Waals surface area contributed by atoms with Crippen LogP contribution < -0.4 is 10.6 Å². The molecule has 1 aromatic heterocycles. The maximum Gasteiger partial charge on any atom is 0.302 e. The lowest BCUT2D eigenvalue weighted by molar-refractivity contribution is 0.603. The number of aromatic nitrogens is 1. The first kappa shape index (κ1) is 12.5. The molecule has 1 heterocycles. The fourth-order valence-electron chi connectivity index (χ4n) is 2.14. The molecular formula is C16H17N3O. The van der Waals surface area contributed by atoms with E-state index in [-0.39, 0.29) is 0 Å². The second-order valence-electron chi connectivity index (χ2n) is 4.80. The van der Waals surface area contributed by atoms with Gasteiger partial charge in [-0.1, -0.05) is 19.1 Å². The summed E-state index contributed by atoms with van der Waals surface area (Å²) < 4.78 is 5.76. The largest absolute Gasteiger partial charge is 0.423 e. The van der Waals surface area contributed by atoms with Crippen LogP contribution in [0.25, 0.3) is 11.1 Å². The van der Waals surface area contributed by atoms with Gasteiger partial charge in [0.1, 0.15) is 5.52 Å². The molecule has 2 aromatic carbocycles. The van der Waals surface area contributed by atoms with Gasteiger partial charge in [0.15, 0.2) is 5.58 Å². The number of benzene rings is 2. The Hall–Kier alpha value is -2.49. The van der Waals surface area contributed by atoms with Gasteiger partial charge in [0.2, 0.25) is 0 Å². The van der Waals surface area contributed by atoms with Gasteiger partial charge in [-0.2, -0.15) is 4.98 Å². The fraction of sp³-hybridized carbons (Fsp3) is 0.188. The quantitative estimate of drug-likeness (QED) is 0.734. The van der Waals surface area contributed by atoms with E-state index in [0.29, 0.717) is 17.3 Å². The predicted octanol–water partition coefficient (Wildman–Crippen LogP) is 3.74. The van der Waals surface area contributed by atoms with Gasteiger partial charge in [0, 0.05) is 24.5 Å². The molecule has 0 fully saturated rings. The van der Waals surface area contributed by atoms with Gasteiger partial charge in [-0.3, -0.25) is 4.90 Å². The van der Waals surface area contributed by atoms with Gasteiger partial charge in [-0.05, 0) is 36.2 Å². The SMILES string of the molecule is CCc1ccc(N(C)c2nc3ccc(N)cc3o2)cc1. The molecule has 0 atom stereocenters. The van der Waals surface area contributed by atoms with Crippen molar-refractivity contribution in [3.8, 4) is 0 Å². The van der Waals surface area contributed by atoms with E-state index < -0.39 is 0 Å². The highest BCUT2D eigenvalue weighted by Crippen LogP contribution is 2.27. The van der Waals surface area contributed by atoms with Gasteiger partial charge in [-0.25, -0.2) is 0 Å². The molecule has 2 N–H and O–H groups in total. The van der Waals surface area contributed by atoms with Gasteiger partial charge in [0.25, 0.3) is 0 Å². The summed E-state index contributed by atoms with van der Waals surface area (Å²) in [6.07, 6.45) is 1.03. The molecule has 0 unspecified atom stereocenters. The third-order valence-corrected chi connectivity index (χ3v) is 3.42. The Kier molecular flexibility index (Phi) is 3.06. The highest BCUT2D eigenvalue weighted by molar-refractivity contribution is 5.79. The number of nitrogen functional groups attached to an aromatic ring is 1. The average Bonchev–Trinajstić information content (AvgIpc) is 2.89. The van der Waals surface area contributed by atoms with Gasteiger partial charge in [0.05, 0.1) is 0 Å². The van der Waals surface area contributed by atoms with Crippen LogP contribution in [0.15, 0.2) is 46.9 Å². The first-order chi connectivity index (χ1) is 9.67. The molecule has 0 amide bonds. The molecule has 20 heavy (non-hydrogen) atoms. The Morgan fingerprint density at radius 2 is 1.90 bits per heavy atom. The van der Waals surface area contributed by atoms with E-state index in [1.807, 2.05) is 24.1 Å². The van der Waals surface area contributed by atoms with Crippen LogP contribution in [0, 0.1) is 0 Å². The summed E-state index contributed by atoms with van der Waals surface area (Å²) in [5.41, 5.74) is 10.3. The summed E-state index contributed by atoms with van der Waals surface area (Å²) in [5.74, 6) is 0. The molecule has 3 rings (SSSR count). The minimum Gasteiger partial charge on any atom is -0.423 e. The van der Waals surface area contributed by atoms with Gasteiger partial charge >= 0.3 is 6.01 Å². The number of oxazole rings is 1. The molecule has 0 aliphatic carbocycles. The monoisotopic (exact) mass is 267 g/mol. The van der Waals surface area contributed by atoms with Crippen LogP contribution >= 0.6 is 0 Å². The van der Waals surface area contributed by atoms with Crippen molar-refractivity contribution in [2.45, 2.75) is 13.3 Å². The summed E-state index contributed by atoms with van der Waals surface area (Å²) in [6, 6.07) is 14.4. The third kappa shape index (κ3) is 2.20. The molecule has 3 aromatic rings. The van der Waals surface area contributed by atoms with Crippen molar-refractivity contribution in [2.75, 3.05) is 17.7 Å². The number of nitrogens with zero attached hydrogens (tertiary/aromatic N) is 2. The van der Waals surface area contributed by atoms with Crippen LogP contribution in [-0.4, -0.2) is 12.0 Å². The topological polar surface area (TPSA) is 55.3 Å². The van der Waals surface area contributed by atoms with Crippen molar-refractivity contribution in [2.24, 2.45) is 0 Å². The van der Waals surface area contributed by atoms with E-state index >= 15 is 0 Å². The first-order valence-corrected chi connectivity index (χ1v) is 6.66. The average molecular weight is 267 g/mol. The van der Waals surface area contributed by atoms with Crippen molar-refractivity contribution in [3.63, 3.8) is 0 Å². The lowest BCUT2D eigenvalue weighted by atomic mass is 10.1. The van der Waals surface area contributed by atoms with Gasteiger partial charge < -0.3 is 10.2 Å². The number of rotatable bonds is 3. The minimum absolute atomic E-state index is 0.565. The Balaban J connectivity index is 1.96. The highest BCUT2D eigenvalue weighted by Gasteiger charge is 2.12. The van der Waals surface area contributed by atoms with Crippen LogP contribution in [0.4, 0.5) is 17.4 Å². The standard InChI is InChI=1S/C16H17N3O/c1-3-11-4-7-13(8-5-11)19(2)16-18-14-9-6-12(17)10-15(14)20-16/h4-10H,3,17H2,1-2H3. The maximum atomic E-state index is 5.76. The Labute approximate surface area is 117 Å². The minimum atomic E-state index is 0.565. The van der Waals surface area contributed by atoms with Gasteiger partial charge in [-0.15, -0.1) is 0 Å². The first-order valence-electron chi connectivity index (χ1n) is 6.66. The fourth-order valence-corrected chi connectivity index (χ4v) is 2.14. The zero-order valence-electron chi connectivity index (χ0n) is 11.6. The van der Waals surface area contributed by atoms with Crippen LogP contribution in [0.3, 0.4) is 0 Å². The molecule has 0 saturated carbocycles. The molecule has 0 spiro atoms. The number of hydrogen-bond acceptors (Lipinski definition) is 4. The Bertz CT molecular complexity index is 731. The van der Waals surface area contributed by atoms with Crippen molar-refractivity contribution >= 4 is 28.5 Å². The smallest absolute Gasteiger partial charge is 0.302 e. The molecule has 102 valence electrons. The molecule has 0 radical (unpaired) electrons. The number of fused-ring (bicyclic) bond motifs is 1. The summed E-state index contributed by atoms with van der Waals surface area (Å²) in [4.78, 5) is 6.40. The Morgan fingerprint density at radius 1 is 1.15 bits per heavy atom. The summed E-state index contributed by atoms with van der Waals surface area (Å²) in [5, 5.41) is 0. The Morgan fingerprint density at radius 3 is 2.60 bits per heavy atom.